The summed E-state index contributed by atoms with van der Waals surface area (Å²) in [6.45, 7) is 5.75. The molecule has 0 radical (unpaired) electrons. The Labute approximate surface area is 79.4 Å². The van der Waals surface area contributed by atoms with Gasteiger partial charge < -0.3 is 4.74 Å². The zero-order valence-corrected chi connectivity index (χ0v) is 8.08. The molecule has 0 aliphatic rings. The first-order valence-electron chi connectivity index (χ1n) is 4.25. The van der Waals surface area contributed by atoms with Gasteiger partial charge in [-0.1, -0.05) is 36.9 Å². The second kappa shape index (κ2) is 4.51. The van der Waals surface area contributed by atoms with Gasteiger partial charge in [-0.15, -0.1) is 0 Å². The van der Waals surface area contributed by atoms with Crippen molar-refractivity contribution >= 4 is 5.57 Å². The van der Waals surface area contributed by atoms with Gasteiger partial charge in [0.1, 0.15) is 5.75 Å². The molecule has 0 amide bonds. The lowest BCUT2D eigenvalue weighted by Crippen LogP contribution is -1.89. The topological polar surface area (TPSA) is 9.23 Å². The quantitative estimate of drug-likeness (QED) is 0.639. The molecule has 1 heteroatoms. The highest BCUT2D eigenvalue weighted by Crippen LogP contribution is 2.25. The molecular weight excluding hydrogens is 160 g/mol. The summed E-state index contributed by atoms with van der Waals surface area (Å²) in [5.41, 5.74) is 2.18. The Balaban J connectivity index is 3.19. The van der Waals surface area contributed by atoms with Crippen LogP contribution in [-0.2, 0) is 0 Å². The number of hydrogen-bond acceptors (Lipinski definition) is 1. The molecule has 0 saturated heterocycles. The zero-order chi connectivity index (χ0) is 9.68. The minimum atomic E-state index is 0.885. The van der Waals surface area contributed by atoms with Crippen LogP contribution < -0.4 is 4.74 Å². The summed E-state index contributed by atoms with van der Waals surface area (Å²) in [5.74, 6) is 0.885. The maximum absolute atomic E-state index is 5.24. The van der Waals surface area contributed by atoms with Gasteiger partial charge in [0.15, 0.2) is 0 Å². The van der Waals surface area contributed by atoms with Crippen LogP contribution in [0.1, 0.15) is 12.5 Å². The summed E-state index contributed by atoms with van der Waals surface area (Å²) in [6.07, 6.45) is 3.85. The summed E-state index contributed by atoms with van der Waals surface area (Å²) >= 11 is 0. The van der Waals surface area contributed by atoms with Crippen LogP contribution in [0.4, 0.5) is 0 Å². The molecule has 0 saturated carbocycles. The second-order valence-corrected chi connectivity index (χ2v) is 2.65. The average molecular weight is 174 g/mol. The lowest BCUT2D eigenvalue weighted by atomic mass is 10.1. The average Bonchev–Trinajstić information content (AvgIpc) is 2.20. The van der Waals surface area contributed by atoms with Gasteiger partial charge in [-0.25, -0.2) is 0 Å². The number of methoxy groups -OCH3 is 1. The number of rotatable bonds is 3. The van der Waals surface area contributed by atoms with Crippen molar-refractivity contribution in [3.63, 3.8) is 0 Å². The van der Waals surface area contributed by atoms with E-state index < -0.39 is 0 Å². The minimum Gasteiger partial charge on any atom is -0.496 e. The van der Waals surface area contributed by atoms with E-state index in [1.165, 1.54) is 0 Å². The van der Waals surface area contributed by atoms with Gasteiger partial charge in [0.25, 0.3) is 0 Å². The van der Waals surface area contributed by atoms with Gasteiger partial charge in [0, 0.05) is 5.56 Å². The van der Waals surface area contributed by atoms with Crippen molar-refractivity contribution in [3.05, 3.63) is 48.6 Å². The number of ether oxygens (including phenoxy) is 1. The normalized spacial score (nSPS) is 11.1. The molecule has 0 aliphatic heterocycles. The van der Waals surface area contributed by atoms with Gasteiger partial charge in [-0.3, -0.25) is 0 Å². The minimum absolute atomic E-state index is 0.885. The molecule has 0 N–H and O–H groups in total. The van der Waals surface area contributed by atoms with Gasteiger partial charge >= 0.3 is 0 Å². The van der Waals surface area contributed by atoms with Crippen LogP contribution in [0.3, 0.4) is 0 Å². The van der Waals surface area contributed by atoms with Crippen molar-refractivity contribution in [1.29, 1.82) is 0 Å². The Morgan fingerprint density at radius 3 is 2.62 bits per heavy atom. The third kappa shape index (κ3) is 2.00. The van der Waals surface area contributed by atoms with Crippen LogP contribution in [0.5, 0.6) is 5.75 Å². The third-order valence-corrected chi connectivity index (χ3v) is 1.95. The molecule has 0 bridgehead atoms. The van der Waals surface area contributed by atoms with E-state index in [1.54, 1.807) is 7.11 Å². The molecular formula is C12H14O. The van der Waals surface area contributed by atoms with Crippen LogP contribution >= 0.6 is 0 Å². The van der Waals surface area contributed by atoms with E-state index in [1.807, 2.05) is 43.3 Å². The van der Waals surface area contributed by atoms with E-state index >= 15 is 0 Å². The molecule has 1 aromatic carbocycles. The van der Waals surface area contributed by atoms with Crippen LogP contribution in [0.2, 0.25) is 0 Å². The Kier molecular flexibility index (Phi) is 3.32. The number of allylic oxidation sites excluding steroid dienone is 3. The van der Waals surface area contributed by atoms with E-state index in [9.17, 15) is 0 Å². The summed E-state index contributed by atoms with van der Waals surface area (Å²) < 4.78 is 5.24. The predicted octanol–water partition coefficient (Wildman–Crippen LogP) is 3.28. The van der Waals surface area contributed by atoms with Crippen molar-refractivity contribution < 1.29 is 4.74 Å². The lowest BCUT2D eigenvalue weighted by molar-refractivity contribution is 0.413. The van der Waals surface area contributed by atoms with Gasteiger partial charge in [0.2, 0.25) is 0 Å². The fraction of sp³-hybridized carbons (Fsp3) is 0.167. The van der Waals surface area contributed by atoms with Crippen molar-refractivity contribution in [2.24, 2.45) is 0 Å². The van der Waals surface area contributed by atoms with E-state index in [0.29, 0.717) is 0 Å². The highest BCUT2D eigenvalue weighted by Gasteiger charge is 2.02. The second-order valence-electron chi connectivity index (χ2n) is 2.65. The monoisotopic (exact) mass is 174 g/mol. The Bertz CT molecular complexity index is 324. The SMILES string of the molecule is C=C/C(=C\C)c1ccccc1OC. The first-order chi connectivity index (χ1) is 6.33. The van der Waals surface area contributed by atoms with Crippen molar-refractivity contribution in [2.75, 3.05) is 7.11 Å². The van der Waals surface area contributed by atoms with Gasteiger partial charge in [-0.05, 0) is 18.6 Å². The molecule has 0 fully saturated rings. The fourth-order valence-corrected chi connectivity index (χ4v) is 1.27. The molecule has 0 aromatic heterocycles. The lowest BCUT2D eigenvalue weighted by Gasteiger charge is -2.07. The molecule has 1 nitrogen and oxygen atoms in total. The maximum atomic E-state index is 5.24. The van der Waals surface area contributed by atoms with E-state index in [2.05, 4.69) is 6.58 Å². The molecule has 0 heterocycles. The van der Waals surface area contributed by atoms with Crippen LogP contribution in [0, 0.1) is 0 Å². The fourth-order valence-electron chi connectivity index (χ4n) is 1.27. The molecule has 0 aliphatic carbocycles. The highest BCUT2D eigenvalue weighted by atomic mass is 16.5. The molecule has 0 atom stereocenters. The van der Waals surface area contributed by atoms with Crippen molar-refractivity contribution in [2.45, 2.75) is 6.92 Å². The van der Waals surface area contributed by atoms with Gasteiger partial charge in [0.05, 0.1) is 7.11 Å². The smallest absolute Gasteiger partial charge is 0.126 e. The van der Waals surface area contributed by atoms with E-state index in [0.717, 1.165) is 16.9 Å². The van der Waals surface area contributed by atoms with Crippen molar-refractivity contribution in [3.8, 4) is 5.75 Å². The predicted molar refractivity (Wildman–Crippen MR) is 56.8 cm³/mol. The first kappa shape index (κ1) is 9.59. The Morgan fingerprint density at radius 1 is 1.38 bits per heavy atom. The van der Waals surface area contributed by atoms with Crippen LogP contribution in [-0.4, -0.2) is 7.11 Å². The first-order valence-corrected chi connectivity index (χ1v) is 4.25. The van der Waals surface area contributed by atoms with Crippen LogP contribution in [0.25, 0.3) is 5.57 Å². The Morgan fingerprint density at radius 2 is 2.08 bits per heavy atom. The van der Waals surface area contributed by atoms with Gasteiger partial charge in [-0.2, -0.15) is 0 Å². The molecule has 1 rings (SSSR count). The molecule has 1 aromatic rings. The maximum Gasteiger partial charge on any atom is 0.126 e. The summed E-state index contributed by atoms with van der Waals surface area (Å²) in [4.78, 5) is 0. The van der Waals surface area contributed by atoms with Crippen molar-refractivity contribution in [1.82, 2.24) is 0 Å². The zero-order valence-electron chi connectivity index (χ0n) is 8.08. The number of para-hydroxylation sites is 1. The molecule has 0 spiro atoms. The highest BCUT2D eigenvalue weighted by molar-refractivity contribution is 5.76. The standard InChI is InChI=1S/C12H14O/c1-4-10(5-2)11-8-6-7-9-12(11)13-3/h4-9H,1H2,2-3H3/b10-5+. The van der Waals surface area contributed by atoms with Crippen LogP contribution in [0.15, 0.2) is 43.0 Å². The summed E-state index contributed by atoms with van der Waals surface area (Å²) in [5, 5.41) is 0. The summed E-state index contributed by atoms with van der Waals surface area (Å²) in [7, 11) is 1.68. The summed E-state index contributed by atoms with van der Waals surface area (Å²) in [6, 6.07) is 7.92. The van der Waals surface area contributed by atoms with E-state index in [4.69, 9.17) is 4.74 Å². The Hall–Kier alpha value is -1.50. The third-order valence-electron chi connectivity index (χ3n) is 1.95. The number of benzene rings is 1. The molecule has 68 valence electrons. The number of hydrogen-bond donors (Lipinski definition) is 0. The van der Waals surface area contributed by atoms with E-state index in [-0.39, 0.29) is 0 Å². The molecule has 13 heavy (non-hydrogen) atoms. The largest absolute Gasteiger partial charge is 0.496 e. The molecule has 0 unspecified atom stereocenters.